The molecule has 1 saturated heterocycles. The molecule has 2 N–H and O–H groups in total. The van der Waals surface area contributed by atoms with Crippen LogP contribution in [-0.2, 0) is 0 Å². The van der Waals surface area contributed by atoms with E-state index in [2.05, 4.69) is 39.6 Å². The monoisotopic (exact) mass is 451 g/mol. The van der Waals surface area contributed by atoms with Crippen LogP contribution in [0.4, 0.5) is 16.1 Å². The lowest BCUT2D eigenvalue weighted by Gasteiger charge is -2.38. The van der Waals surface area contributed by atoms with Gasteiger partial charge < -0.3 is 20.0 Å². The number of carbonyl (C=O) groups excluding carboxylic acids is 1. The van der Waals surface area contributed by atoms with Crippen molar-refractivity contribution in [3.8, 4) is 11.5 Å². The summed E-state index contributed by atoms with van der Waals surface area (Å²) in [6.45, 7) is 8.80. The van der Waals surface area contributed by atoms with Crippen LogP contribution in [0.3, 0.4) is 0 Å². The maximum Gasteiger partial charge on any atom is 0.315 e. The van der Waals surface area contributed by atoms with E-state index in [9.17, 15) is 9.18 Å². The standard InChI is InChI=1S/C25H30FN5O2/c1-25(2)13-5-15-31(17-25)16-6-14-27-24-30-29-23(33-24)18-9-11-19(12-10-18)28-22(32)20-7-3-4-8-21(20)26/h3-4,7-12H,5-6,13-17H2,1-2H3,(H,27,30)(H,28,32). The van der Waals surface area contributed by atoms with Gasteiger partial charge in [-0.1, -0.05) is 31.1 Å². The SMILES string of the molecule is CC1(C)CCCN(CCCNc2nnc(-c3ccc(NC(=O)c4ccccc4F)cc3)o2)C1. The first kappa shape index (κ1) is 22.9. The van der Waals surface area contributed by atoms with E-state index >= 15 is 0 Å². The summed E-state index contributed by atoms with van der Waals surface area (Å²) < 4.78 is 19.5. The Kier molecular flexibility index (Phi) is 7.03. The number of piperidine rings is 1. The Bertz CT molecular complexity index is 1080. The topological polar surface area (TPSA) is 83.3 Å². The van der Waals surface area contributed by atoms with Crippen LogP contribution in [-0.4, -0.2) is 47.2 Å². The predicted molar refractivity (Wildman–Crippen MR) is 127 cm³/mol. The molecule has 1 aromatic heterocycles. The van der Waals surface area contributed by atoms with Crippen LogP contribution in [0.1, 0.15) is 43.5 Å². The fraction of sp³-hybridized carbons (Fsp3) is 0.400. The molecular weight excluding hydrogens is 421 g/mol. The third-order valence-corrected chi connectivity index (χ3v) is 5.84. The van der Waals surface area contributed by atoms with Crippen molar-refractivity contribution in [3.05, 3.63) is 59.9 Å². The molecule has 0 saturated carbocycles. The van der Waals surface area contributed by atoms with Crippen LogP contribution in [0.25, 0.3) is 11.5 Å². The molecule has 0 atom stereocenters. The first-order valence-corrected chi connectivity index (χ1v) is 11.4. The number of nitrogens with one attached hydrogen (secondary N) is 2. The van der Waals surface area contributed by atoms with Gasteiger partial charge in [-0.2, -0.15) is 0 Å². The minimum atomic E-state index is -0.558. The zero-order valence-electron chi connectivity index (χ0n) is 19.1. The van der Waals surface area contributed by atoms with Crippen molar-refractivity contribution in [3.63, 3.8) is 0 Å². The number of carbonyl (C=O) groups is 1. The minimum absolute atomic E-state index is 0.00167. The first-order valence-electron chi connectivity index (χ1n) is 11.4. The summed E-state index contributed by atoms with van der Waals surface area (Å²) in [5.74, 6) is -0.669. The van der Waals surface area contributed by atoms with Crippen LogP contribution in [0, 0.1) is 11.2 Å². The molecule has 2 heterocycles. The predicted octanol–water partition coefficient (Wildman–Crippen LogP) is 5.05. The van der Waals surface area contributed by atoms with Crippen molar-refractivity contribution in [2.45, 2.75) is 33.1 Å². The van der Waals surface area contributed by atoms with E-state index in [4.69, 9.17) is 4.42 Å². The molecule has 1 amide bonds. The van der Waals surface area contributed by atoms with Crippen molar-refractivity contribution in [2.24, 2.45) is 5.41 Å². The molecule has 1 aliphatic rings. The minimum Gasteiger partial charge on any atom is -0.403 e. The van der Waals surface area contributed by atoms with Gasteiger partial charge in [0.2, 0.25) is 5.89 Å². The molecule has 0 spiro atoms. The Morgan fingerprint density at radius 1 is 1.15 bits per heavy atom. The van der Waals surface area contributed by atoms with Gasteiger partial charge >= 0.3 is 6.01 Å². The van der Waals surface area contributed by atoms with E-state index < -0.39 is 11.7 Å². The molecule has 8 heteroatoms. The third-order valence-electron chi connectivity index (χ3n) is 5.84. The van der Waals surface area contributed by atoms with Gasteiger partial charge in [0.1, 0.15) is 5.82 Å². The number of anilines is 2. The first-order chi connectivity index (χ1) is 15.9. The molecule has 0 aliphatic carbocycles. The van der Waals surface area contributed by atoms with Gasteiger partial charge in [0.15, 0.2) is 0 Å². The summed E-state index contributed by atoms with van der Waals surface area (Å²) in [5.41, 5.74) is 1.68. The lowest BCUT2D eigenvalue weighted by molar-refractivity contribution is 0.102. The fourth-order valence-electron chi connectivity index (χ4n) is 4.18. The Morgan fingerprint density at radius 2 is 1.94 bits per heavy atom. The molecule has 0 unspecified atom stereocenters. The second kappa shape index (κ2) is 10.1. The van der Waals surface area contributed by atoms with Crippen LogP contribution < -0.4 is 10.6 Å². The van der Waals surface area contributed by atoms with E-state index in [1.54, 1.807) is 36.4 Å². The van der Waals surface area contributed by atoms with Crippen molar-refractivity contribution >= 4 is 17.6 Å². The average molecular weight is 452 g/mol. The average Bonchev–Trinajstić information content (AvgIpc) is 3.26. The number of hydrogen-bond donors (Lipinski definition) is 2. The van der Waals surface area contributed by atoms with Gasteiger partial charge in [0, 0.05) is 24.3 Å². The molecular formula is C25H30FN5O2. The zero-order chi connectivity index (χ0) is 23.3. The quantitative estimate of drug-likeness (QED) is 0.466. The highest BCUT2D eigenvalue weighted by Crippen LogP contribution is 2.28. The highest BCUT2D eigenvalue weighted by molar-refractivity contribution is 6.04. The van der Waals surface area contributed by atoms with E-state index in [0.29, 0.717) is 23.0 Å². The second-order valence-corrected chi connectivity index (χ2v) is 9.25. The second-order valence-electron chi connectivity index (χ2n) is 9.25. The Balaban J connectivity index is 1.26. The summed E-state index contributed by atoms with van der Waals surface area (Å²) in [4.78, 5) is 14.8. The lowest BCUT2D eigenvalue weighted by atomic mass is 9.84. The number of aromatic nitrogens is 2. The molecule has 174 valence electrons. The largest absolute Gasteiger partial charge is 0.403 e. The Labute approximate surface area is 193 Å². The van der Waals surface area contributed by atoms with Crippen molar-refractivity contribution < 1.29 is 13.6 Å². The van der Waals surface area contributed by atoms with Gasteiger partial charge in [-0.15, -0.1) is 5.10 Å². The smallest absolute Gasteiger partial charge is 0.315 e. The van der Waals surface area contributed by atoms with Gasteiger partial charge in [0.25, 0.3) is 5.91 Å². The molecule has 0 bridgehead atoms. The summed E-state index contributed by atoms with van der Waals surface area (Å²) in [5, 5.41) is 14.0. The van der Waals surface area contributed by atoms with Crippen LogP contribution in [0.2, 0.25) is 0 Å². The lowest BCUT2D eigenvalue weighted by Crippen LogP contribution is -2.40. The maximum absolute atomic E-state index is 13.8. The number of amides is 1. The summed E-state index contributed by atoms with van der Waals surface area (Å²) in [6, 6.07) is 13.2. The van der Waals surface area contributed by atoms with Crippen LogP contribution >= 0.6 is 0 Å². The van der Waals surface area contributed by atoms with E-state index in [-0.39, 0.29) is 5.56 Å². The summed E-state index contributed by atoms with van der Waals surface area (Å²) in [7, 11) is 0. The molecule has 3 aromatic rings. The zero-order valence-corrected chi connectivity index (χ0v) is 19.1. The summed E-state index contributed by atoms with van der Waals surface area (Å²) >= 11 is 0. The van der Waals surface area contributed by atoms with Gasteiger partial charge in [-0.05, 0) is 74.2 Å². The number of rotatable bonds is 8. The number of nitrogens with zero attached hydrogens (tertiary/aromatic N) is 3. The number of likely N-dealkylation sites (tertiary alicyclic amines) is 1. The molecule has 4 rings (SSSR count). The maximum atomic E-state index is 13.8. The number of hydrogen-bond acceptors (Lipinski definition) is 6. The van der Waals surface area contributed by atoms with Crippen LogP contribution in [0.5, 0.6) is 0 Å². The molecule has 33 heavy (non-hydrogen) atoms. The van der Waals surface area contributed by atoms with Gasteiger partial charge in [0.05, 0.1) is 5.56 Å². The number of halogens is 1. The highest BCUT2D eigenvalue weighted by Gasteiger charge is 2.25. The molecule has 1 fully saturated rings. The van der Waals surface area contributed by atoms with Gasteiger partial charge in [-0.3, -0.25) is 4.79 Å². The molecule has 7 nitrogen and oxygen atoms in total. The van der Waals surface area contributed by atoms with Crippen molar-refractivity contribution in [2.75, 3.05) is 36.8 Å². The Morgan fingerprint density at radius 3 is 2.70 bits per heavy atom. The molecule has 1 aliphatic heterocycles. The molecule has 0 radical (unpaired) electrons. The van der Waals surface area contributed by atoms with E-state index in [1.807, 2.05) is 0 Å². The number of benzene rings is 2. The Hall–Kier alpha value is -3.26. The highest BCUT2D eigenvalue weighted by atomic mass is 19.1. The van der Waals surface area contributed by atoms with E-state index in [1.165, 1.54) is 31.5 Å². The van der Waals surface area contributed by atoms with Crippen LogP contribution in [0.15, 0.2) is 52.9 Å². The van der Waals surface area contributed by atoms with Crippen molar-refractivity contribution in [1.29, 1.82) is 0 Å². The van der Waals surface area contributed by atoms with E-state index in [0.717, 1.165) is 31.6 Å². The third kappa shape index (κ3) is 6.16. The summed E-state index contributed by atoms with van der Waals surface area (Å²) in [6.07, 6.45) is 3.56. The van der Waals surface area contributed by atoms with Crippen molar-refractivity contribution in [1.82, 2.24) is 15.1 Å². The van der Waals surface area contributed by atoms with Gasteiger partial charge in [-0.25, -0.2) is 4.39 Å². The molecule has 2 aromatic carbocycles. The normalized spacial score (nSPS) is 15.8. The fourth-order valence-corrected chi connectivity index (χ4v) is 4.18.